The molecule has 3 heterocycles. The molecule has 0 aromatic carbocycles. The van der Waals surface area contributed by atoms with Crippen molar-refractivity contribution in [3.8, 4) is 0 Å². The number of allylic oxidation sites excluding steroid dienone is 6. The van der Waals surface area contributed by atoms with Crippen LogP contribution in [0.4, 0.5) is 0 Å². The zero-order valence-corrected chi connectivity index (χ0v) is 14.6. The van der Waals surface area contributed by atoms with E-state index in [-0.39, 0.29) is 5.70 Å². The van der Waals surface area contributed by atoms with E-state index in [9.17, 15) is 0 Å². The minimum Gasteiger partial charge on any atom is -0.577 e. The summed E-state index contributed by atoms with van der Waals surface area (Å²) in [6, 6.07) is 3.82. The summed E-state index contributed by atoms with van der Waals surface area (Å²) in [7, 11) is 0. The number of rotatable bonds is 5. The Morgan fingerprint density at radius 2 is 1.65 bits per heavy atom. The molecule has 1 aromatic heterocycles. The van der Waals surface area contributed by atoms with Gasteiger partial charge >= 0.3 is 118 Å². The van der Waals surface area contributed by atoms with E-state index < -0.39 is 0 Å². The van der Waals surface area contributed by atoms with E-state index in [0.29, 0.717) is 0 Å². The molecule has 7 heteroatoms. The van der Waals surface area contributed by atoms with Crippen molar-refractivity contribution in [2.24, 2.45) is 9.98 Å². The third-order valence-electron chi connectivity index (χ3n) is 3.29. The molecule has 1 aromatic rings. The van der Waals surface area contributed by atoms with Gasteiger partial charge in [0.15, 0.2) is 0 Å². The van der Waals surface area contributed by atoms with Crippen LogP contribution in [0.25, 0.3) is 23.5 Å². The van der Waals surface area contributed by atoms with Crippen molar-refractivity contribution in [2.45, 2.75) is 0 Å². The van der Waals surface area contributed by atoms with Gasteiger partial charge < -0.3 is 21.9 Å². The van der Waals surface area contributed by atoms with Crippen molar-refractivity contribution in [1.29, 1.82) is 0 Å². The Labute approximate surface area is 158 Å². The molecule has 26 heavy (non-hydrogen) atoms. The second kappa shape index (κ2) is 9.35. The predicted octanol–water partition coefficient (Wildman–Crippen LogP) is 4.31. The van der Waals surface area contributed by atoms with E-state index in [1.54, 1.807) is 11.0 Å². The third-order valence-corrected chi connectivity index (χ3v) is 3.59. The zero-order valence-electron chi connectivity index (χ0n) is 13.5. The molecule has 3 rings (SSSR count). The summed E-state index contributed by atoms with van der Waals surface area (Å²) >= 11 is 4.14. The fraction of sp³-hybridized carbons (Fsp3) is 0. The van der Waals surface area contributed by atoms with Crippen LogP contribution in [0.5, 0.6) is 0 Å². The second-order valence-corrected chi connectivity index (χ2v) is 5.41. The van der Waals surface area contributed by atoms with Crippen LogP contribution in [0.2, 0.25) is 0 Å². The molecule has 0 amide bonds. The van der Waals surface area contributed by atoms with Crippen molar-refractivity contribution in [3.05, 3.63) is 99.9 Å². The van der Waals surface area contributed by atoms with Gasteiger partial charge in [-0.05, 0) is 0 Å². The molecule has 133 valence electrons. The smallest absolute Gasteiger partial charge is 0.423 e. The minimum absolute atomic E-state index is 0.256. The number of hydrogen-bond donors (Lipinski definition) is 1. The maximum Gasteiger partial charge on any atom is -0.423 e. The summed E-state index contributed by atoms with van der Waals surface area (Å²) < 4.78 is 0. The average molecular weight is 387 g/mol. The monoisotopic (exact) mass is 387 g/mol. The number of aromatic amines is 1. The molecule has 0 spiro atoms. The van der Waals surface area contributed by atoms with E-state index in [4.69, 9.17) is 22.8 Å². The normalized spacial score (nSPS) is 18.6. The number of aromatic nitrogens is 1. The van der Waals surface area contributed by atoms with Gasteiger partial charge in [-0.15, -0.1) is 6.08 Å². The summed E-state index contributed by atoms with van der Waals surface area (Å²) in [5.41, 5.74) is 18.7. The average Bonchev–Trinajstić information content (AvgIpc) is 3.39. The van der Waals surface area contributed by atoms with Crippen LogP contribution < -0.4 is 0 Å². The Kier molecular flexibility index (Phi) is 6.89. The topological polar surface area (TPSA) is 104 Å². The van der Waals surface area contributed by atoms with E-state index >= 15 is 0 Å². The second-order valence-electron chi connectivity index (χ2n) is 5.11. The summed E-state index contributed by atoms with van der Waals surface area (Å²) in [5.74, 6) is 0. The van der Waals surface area contributed by atoms with E-state index in [1.165, 1.54) is 6.08 Å². The maximum absolute atomic E-state index is 7.54. The summed E-state index contributed by atoms with van der Waals surface area (Å²) in [5, 5.41) is 0. The first kappa shape index (κ1) is 19.2. The van der Waals surface area contributed by atoms with E-state index in [1.807, 2.05) is 48.6 Å². The molecule has 2 aliphatic rings. The van der Waals surface area contributed by atoms with Crippen molar-refractivity contribution in [2.75, 3.05) is 0 Å². The van der Waals surface area contributed by atoms with Gasteiger partial charge in [0, 0.05) is 0 Å². The maximum atomic E-state index is 7.54. The molecule has 0 atom stereocenters. The van der Waals surface area contributed by atoms with Gasteiger partial charge in [0.2, 0.25) is 0 Å². The zero-order chi connectivity index (χ0) is 18.9. The molecule has 0 saturated carbocycles. The number of nitrogens with zero attached hydrogens (tertiary/aromatic N) is 3. The molecular formula is C19H14CoN5O-3. The third kappa shape index (κ3) is 5.17. The first-order valence-corrected chi connectivity index (χ1v) is 8.00. The number of hydrogen-bond acceptors (Lipinski definition) is 3. The van der Waals surface area contributed by atoms with E-state index in [2.05, 4.69) is 30.3 Å². The molecular weight excluding hydrogens is 373 g/mol. The largest absolute Gasteiger partial charge is 0.577 e. The van der Waals surface area contributed by atoms with Gasteiger partial charge in [0.05, 0.1) is 0 Å². The van der Waals surface area contributed by atoms with Crippen LogP contribution in [0.15, 0.2) is 75.7 Å². The van der Waals surface area contributed by atoms with Gasteiger partial charge in [-0.1, -0.05) is 0 Å². The van der Waals surface area contributed by atoms with Crippen molar-refractivity contribution in [1.82, 2.24) is 4.98 Å². The standard InChI is InChI=1S/C19H14N4.Co.NO/c1-3-14(20)10-15-6-7-18(22-15)12-19-9-8-17(23-19)11-16-5-4-13(2)21-16;;1-2/h1-12,20,22H;;/q-2;;-1. The fourth-order valence-corrected chi connectivity index (χ4v) is 2.38. The van der Waals surface area contributed by atoms with Crippen molar-refractivity contribution in [3.63, 3.8) is 0 Å². The first-order valence-electron chi connectivity index (χ1n) is 7.39. The van der Waals surface area contributed by atoms with Crippen LogP contribution in [-0.4, -0.2) is 21.4 Å². The first-order chi connectivity index (χ1) is 12.7. The quantitative estimate of drug-likeness (QED) is 0.590. The number of nitrogens with one attached hydrogen (secondary N) is 2. The molecule has 2 aliphatic heterocycles. The SMILES string of the molecule is [CH-]=CC([NH-])=Cc1ccc(C=C2C=CC(C=C3C=CC([CH]=[Co])=N3)=N2)[nH]1.[N-]=O. The molecule has 2 N–H and O–H groups in total. The minimum atomic E-state index is 0.256. The van der Waals surface area contributed by atoms with Gasteiger partial charge in [0.25, 0.3) is 0 Å². The van der Waals surface area contributed by atoms with E-state index in [0.717, 1.165) is 34.2 Å². The van der Waals surface area contributed by atoms with Crippen molar-refractivity contribution < 1.29 is 15.3 Å². The van der Waals surface area contributed by atoms with Crippen LogP contribution in [-0.2, 0) is 15.3 Å². The van der Waals surface area contributed by atoms with Crippen LogP contribution >= 0.6 is 0 Å². The predicted molar refractivity (Wildman–Crippen MR) is 104 cm³/mol. The summed E-state index contributed by atoms with van der Waals surface area (Å²) in [4.78, 5) is 21.0. The van der Waals surface area contributed by atoms with Crippen molar-refractivity contribution >= 4 is 28.5 Å². The Hall–Kier alpha value is -3.16. The molecule has 0 bridgehead atoms. The number of nitroso groups, excluding NO2 is 1. The molecule has 0 saturated heterocycles. The molecule has 0 aliphatic carbocycles. The molecule has 0 fully saturated rings. The van der Waals surface area contributed by atoms with Gasteiger partial charge in [-0.3, -0.25) is 12.7 Å². The van der Waals surface area contributed by atoms with Gasteiger partial charge in [-0.2, -0.15) is 0 Å². The Morgan fingerprint density at radius 3 is 2.31 bits per heavy atom. The summed E-state index contributed by atoms with van der Waals surface area (Å²) in [6.07, 6.45) is 14.5. The molecule has 6 nitrogen and oxygen atoms in total. The number of H-pyrrole nitrogens is 1. The summed E-state index contributed by atoms with van der Waals surface area (Å²) in [6.45, 7) is 5.30. The van der Waals surface area contributed by atoms with Gasteiger partial charge in [-0.25, -0.2) is 0 Å². The Morgan fingerprint density at radius 1 is 1.04 bits per heavy atom. The fourth-order valence-electron chi connectivity index (χ4n) is 2.21. The Balaban J connectivity index is 0.00000117. The van der Waals surface area contributed by atoms with Crippen LogP contribution in [0, 0.1) is 11.5 Å². The molecule has 0 radical (unpaired) electrons. The molecule has 0 unspecified atom stereocenters. The van der Waals surface area contributed by atoms with Crippen LogP contribution in [0.3, 0.4) is 0 Å². The number of aliphatic imine (C=N–C) groups is 2. The van der Waals surface area contributed by atoms with Crippen LogP contribution in [0.1, 0.15) is 11.4 Å². The van der Waals surface area contributed by atoms with Gasteiger partial charge in [0.1, 0.15) is 0 Å². The Bertz CT molecular complexity index is 925.